The molecule has 2 aliphatic rings. The quantitative estimate of drug-likeness (QED) is 0.865. The van der Waals surface area contributed by atoms with E-state index in [0.29, 0.717) is 17.7 Å². The van der Waals surface area contributed by atoms with Crippen LogP contribution in [-0.4, -0.2) is 46.8 Å². The average Bonchev–Trinajstić information content (AvgIpc) is 2.97. The van der Waals surface area contributed by atoms with Crippen LogP contribution < -0.4 is 0 Å². The van der Waals surface area contributed by atoms with E-state index in [4.69, 9.17) is 4.74 Å². The van der Waals surface area contributed by atoms with E-state index in [1.807, 2.05) is 11.0 Å². The summed E-state index contributed by atoms with van der Waals surface area (Å²) in [6.07, 6.45) is 5.33. The first-order chi connectivity index (χ1) is 9.78. The molecule has 5 nitrogen and oxygen atoms in total. The Hall–Kier alpha value is -1.36. The highest BCUT2D eigenvalue weighted by atomic mass is 16.5. The van der Waals surface area contributed by atoms with Gasteiger partial charge < -0.3 is 9.64 Å². The predicted octanol–water partition coefficient (Wildman–Crippen LogP) is 2.00. The summed E-state index contributed by atoms with van der Waals surface area (Å²) in [7, 11) is 0. The molecule has 1 amide bonds. The van der Waals surface area contributed by atoms with Crippen molar-refractivity contribution in [1.29, 1.82) is 0 Å². The molecule has 3 rings (SSSR count). The number of carbonyl (C=O) groups excluding carboxylic acids is 1. The Morgan fingerprint density at radius 1 is 1.50 bits per heavy atom. The fraction of sp³-hybridized carbons (Fsp3) is 0.733. The van der Waals surface area contributed by atoms with Crippen LogP contribution in [0.15, 0.2) is 6.07 Å². The van der Waals surface area contributed by atoms with Crippen molar-refractivity contribution < 1.29 is 9.53 Å². The number of aromatic nitrogens is 2. The molecule has 1 aromatic heterocycles. The lowest BCUT2D eigenvalue weighted by Crippen LogP contribution is -2.37. The third-order valence-electron chi connectivity index (χ3n) is 4.10. The molecular weight excluding hydrogens is 254 g/mol. The second-order valence-corrected chi connectivity index (χ2v) is 5.95. The van der Waals surface area contributed by atoms with Crippen molar-refractivity contribution >= 4 is 5.91 Å². The fourth-order valence-electron chi connectivity index (χ4n) is 2.81. The van der Waals surface area contributed by atoms with Gasteiger partial charge in [-0.1, -0.05) is 13.3 Å². The molecule has 1 atom stereocenters. The molecule has 0 bridgehead atoms. The van der Waals surface area contributed by atoms with Crippen LogP contribution in [0.5, 0.6) is 0 Å². The molecular formula is C15H23N3O2. The normalized spacial score (nSPS) is 22.1. The van der Waals surface area contributed by atoms with Gasteiger partial charge in [-0.3, -0.25) is 9.89 Å². The van der Waals surface area contributed by atoms with Crippen molar-refractivity contribution in [2.45, 2.75) is 45.1 Å². The topological polar surface area (TPSA) is 58.2 Å². The van der Waals surface area contributed by atoms with E-state index in [-0.39, 0.29) is 5.91 Å². The Bertz CT molecular complexity index is 461. The number of nitrogens with zero attached hydrogens (tertiary/aromatic N) is 2. The summed E-state index contributed by atoms with van der Waals surface area (Å²) >= 11 is 0. The lowest BCUT2D eigenvalue weighted by molar-refractivity contribution is 0.0700. The summed E-state index contributed by atoms with van der Waals surface area (Å²) in [5, 5.41) is 7.17. The lowest BCUT2D eigenvalue weighted by atomic mass is 10.1. The van der Waals surface area contributed by atoms with Crippen LogP contribution in [0.3, 0.4) is 0 Å². The number of H-pyrrole nitrogens is 1. The molecule has 1 unspecified atom stereocenters. The van der Waals surface area contributed by atoms with Crippen LogP contribution in [-0.2, 0) is 11.2 Å². The number of aryl methyl sites for hydroxylation is 1. The molecule has 110 valence electrons. The van der Waals surface area contributed by atoms with Crippen LogP contribution in [0, 0.1) is 5.92 Å². The van der Waals surface area contributed by atoms with E-state index in [2.05, 4.69) is 17.1 Å². The van der Waals surface area contributed by atoms with Crippen LogP contribution in [0.1, 0.15) is 48.8 Å². The maximum absolute atomic E-state index is 12.6. The lowest BCUT2D eigenvalue weighted by Gasteiger charge is -2.24. The van der Waals surface area contributed by atoms with E-state index in [1.54, 1.807) is 0 Å². The van der Waals surface area contributed by atoms with Crippen molar-refractivity contribution in [3.63, 3.8) is 0 Å². The second-order valence-electron chi connectivity index (χ2n) is 5.95. The summed E-state index contributed by atoms with van der Waals surface area (Å²) in [5.41, 5.74) is 1.62. The van der Waals surface area contributed by atoms with Gasteiger partial charge >= 0.3 is 0 Å². The number of hydrogen-bond acceptors (Lipinski definition) is 3. The summed E-state index contributed by atoms with van der Waals surface area (Å²) in [6, 6.07) is 2.33. The molecule has 20 heavy (non-hydrogen) atoms. The molecule has 1 aliphatic heterocycles. The molecule has 1 aromatic rings. The highest BCUT2D eigenvalue weighted by Gasteiger charge is 2.36. The standard InChI is InChI=1S/C15H23N3O2/c1-2-3-12-8-14(17-16-12)15(19)18(13-4-5-13)9-11-6-7-20-10-11/h8,11,13H,2-7,9-10H2,1H3,(H,16,17). The summed E-state index contributed by atoms with van der Waals surface area (Å²) in [5.74, 6) is 0.576. The van der Waals surface area contributed by atoms with Crippen LogP contribution in [0.25, 0.3) is 0 Å². The number of hydrogen-bond donors (Lipinski definition) is 1. The first-order valence-corrected chi connectivity index (χ1v) is 7.71. The largest absolute Gasteiger partial charge is 0.381 e. The van der Waals surface area contributed by atoms with Crippen LogP contribution >= 0.6 is 0 Å². The number of nitrogens with one attached hydrogen (secondary N) is 1. The summed E-state index contributed by atoms with van der Waals surface area (Å²) < 4.78 is 5.42. The molecule has 2 fully saturated rings. The number of aromatic amines is 1. The summed E-state index contributed by atoms with van der Waals surface area (Å²) in [6.45, 7) is 4.57. The van der Waals surface area contributed by atoms with Crippen molar-refractivity contribution in [1.82, 2.24) is 15.1 Å². The molecule has 1 saturated heterocycles. The van der Waals surface area contributed by atoms with E-state index in [0.717, 1.165) is 57.6 Å². The summed E-state index contributed by atoms with van der Waals surface area (Å²) in [4.78, 5) is 14.7. The number of amides is 1. The van der Waals surface area contributed by atoms with Gasteiger partial charge in [0.1, 0.15) is 5.69 Å². The smallest absolute Gasteiger partial charge is 0.274 e. The van der Waals surface area contributed by atoms with E-state index < -0.39 is 0 Å². The molecule has 0 aromatic carbocycles. The molecule has 2 heterocycles. The van der Waals surface area contributed by atoms with Crippen LogP contribution in [0.2, 0.25) is 0 Å². The number of carbonyl (C=O) groups is 1. The van der Waals surface area contributed by atoms with Gasteiger partial charge in [0.2, 0.25) is 0 Å². The van der Waals surface area contributed by atoms with E-state index >= 15 is 0 Å². The first-order valence-electron chi connectivity index (χ1n) is 7.71. The predicted molar refractivity (Wildman–Crippen MR) is 75.6 cm³/mol. The van der Waals surface area contributed by atoms with Gasteiger partial charge in [-0.05, 0) is 31.7 Å². The first kappa shape index (κ1) is 13.6. The Kier molecular flexibility index (Phi) is 4.05. The average molecular weight is 277 g/mol. The SMILES string of the molecule is CCCc1cc(C(=O)N(CC2CCOC2)C2CC2)n[nH]1. The van der Waals surface area contributed by atoms with Crippen LogP contribution in [0.4, 0.5) is 0 Å². The fourth-order valence-corrected chi connectivity index (χ4v) is 2.81. The van der Waals surface area contributed by atoms with Gasteiger partial charge in [-0.15, -0.1) is 0 Å². The zero-order valence-corrected chi connectivity index (χ0v) is 12.1. The van der Waals surface area contributed by atoms with Crippen molar-refractivity contribution in [3.8, 4) is 0 Å². The molecule has 1 aliphatic carbocycles. The third kappa shape index (κ3) is 3.03. The molecule has 1 N–H and O–H groups in total. The minimum absolute atomic E-state index is 0.0815. The Balaban J connectivity index is 1.67. The van der Waals surface area contributed by atoms with Gasteiger partial charge in [0.25, 0.3) is 5.91 Å². The van der Waals surface area contributed by atoms with Crippen molar-refractivity contribution in [2.24, 2.45) is 5.92 Å². The monoisotopic (exact) mass is 277 g/mol. The molecule has 5 heteroatoms. The zero-order valence-electron chi connectivity index (χ0n) is 12.1. The highest BCUT2D eigenvalue weighted by Crippen LogP contribution is 2.30. The Morgan fingerprint density at radius 2 is 2.35 bits per heavy atom. The van der Waals surface area contributed by atoms with E-state index in [1.165, 1.54) is 0 Å². The van der Waals surface area contributed by atoms with Gasteiger partial charge in [-0.25, -0.2) is 0 Å². The van der Waals surface area contributed by atoms with Gasteiger partial charge in [0.15, 0.2) is 0 Å². The maximum atomic E-state index is 12.6. The minimum Gasteiger partial charge on any atom is -0.381 e. The Morgan fingerprint density at radius 3 is 3.00 bits per heavy atom. The molecule has 1 saturated carbocycles. The van der Waals surface area contributed by atoms with Crippen molar-refractivity contribution in [2.75, 3.05) is 19.8 Å². The van der Waals surface area contributed by atoms with Gasteiger partial charge in [-0.2, -0.15) is 5.10 Å². The third-order valence-corrected chi connectivity index (χ3v) is 4.10. The number of ether oxygens (including phenoxy) is 1. The zero-order chi connectivity index (χ0) is 13.9. The second kappa shape index (κ2) is 5.95. The van der Waals surface area contributed by atoms with Crippen molar-refractivity contribution in [3.05, 3.63) is 17.5 Å². The molecule has 0 spiro atoms. The number of rotatable bonds is 6. The molecule has 0 radical (unpaired) electrons. The van der Waals surface area contributed by atoms with E-state index in [9.17, 15) is 4.79 Å². The highest BCUT2D eigenvalue weighted by molar-refractivity contribution is 5.92. The maximum Gasteiger partial charge on any atom is 0.274 e. The Labute approximate surface area is 119 Å². The minimum atomic E-state index is 0.0815. The van der Waals surface area contributed by atoms with Gasteiger partial charge in [0, 0.05) is 30.8 Å². The van der Waals surface area contributed by atoms with Gasteiger partial charge in [0.05, 0.1) is 6.61 Å².